The molecule has 3 rings (SSSR count). The van der Waals surface area contributed by atoms with Crippen LogP contribution in [0.15, 0.2) is 0 Å². The minimum atomic E-state index is -0.931. The summed E-state index contributed by atoms with van der Waals surface area (Å²) in [6.45, 7) is 0. The van der Waals surface area contributed by atoms with Gasteiger partial charge in [-0.25, -0.2) is 9.78 Å². The van der Waals surface area contributed by atoms with Crippen molar-refractivity contribution in [1.29, 1.82) is 0 Å². The first-order valence-corrected chi connectivity index (χ1v) is 8.86. The van der Waals surface area contributed by atoms with Crippen molar-refractivity contribution in [2.45, 2.75) is 63.5 Å². The molecule has 3 N–H and O–H groups in total. The Morgan fingerprint density at radius 2 is 1.75 bits per heavy atom. The van der Waals surface area contributed by atoms with E-state index in [1.54, 1.807) is 0 Å². The van der Waals surface area contributed by atoms with Gasteiger partial charge in [-0.05, 0) is 51.4 Å². The molecule has 1 fully saturated rings. The summed E-state index contributed by atoms with van der Waals surface area (Å²) in [7, 11) is 4.06. The first-order chi connectivity index (χ1) is 11.5. The fraction of sp³-hybridized carbons (Fsp3) is 0.706. The van der Waals surface area contributed by atoms with E-state index in [1.807, 2.05) is 14.1 Å². The topological polar surface area (TPSA) is 90.4 Å². The Morgan fingerprint density at radius 1 is 1.08 bits per heavy atom. The van der Waals surface area contributed by atoms with Crippen molar-refractivity contribution in [2.24, 2.45) is 0 Å². The molecule has 2 aliphatic rings. The van der Waals surface area contributed by atoms with Gasteiger partial charge in [0.2, 0.25) is 5.95 Å². The average Bonchev–Trinajstić information content (AvgIpc) is 2.55. The highest BCUT2D eigenvalue weighted by molar-refractivity contribution is 5.64. The van der Waals surface area contributed by atoms with Gasteiger partial charge in [0.25, 0.3) is 0 Å². The van der Waals surface area contributed by atoms with E-state index in [1.165, 1.54) is 24.1 Å². The zero-order valence-electron chi connectivity index (χ0n) is 14.5. The summed E-state index contributed by atoms with van der Waals surface area (Å²) in [5.74, 6) is 1.75. The number of carboxylic acid groups (broad SMARTS) is 1. The molecule has 1 aromatic rings. The summed E-state index contributed by atoms with van der Waals surface area (Å²) in [5, 5.41) is 14.9. The molecule has 1 heterocycles. The lowest BCUT2D eigenvalue weighted by molar-refractivity contribution is 0.185. The van der Waals surface area contributed by atoms with Crippen LogP contribution in [0.5, 0.6) is 0 Å². The molecule has 0 aliphatic heterocycles. The molecular formula is C17H27N5O2. The number of aromatic nitrogens is 2. The van der Waals surface area contributed by atoms with E-state index < -0.39 is 6.09 Å². The number of hydrogen-bond donors (Lipinski definition) is 3. The molecule has 132 valence electrons. The highest BCUT2D eigenvalue weighted by Gasteiger charge is 2.24. The predicted molar refractivity (Wildman–Crippen MR) is 93.8 cm³/mol. The number of nitrogens with zero attached hydrogens (tertiary/aromatic N) is 3. The van der Waals surface area contributed by atoms with Gasteiger partial charge < -0.3 is 20.6 Å². The Kier molecular flexibility index (Phi) is 5.06. The zero-order chi connectivity index (χ0) is 17.1. The van der Waals surface area contributed by atoms with Crippen LogP contribution in [-0.2, 0) is 12.8 Å². The fourth-order valence-corrected chi connectivity index (χ4v) is 3.75. The second kappa shape index (κ2) is 7.23. The standard InChI is InChI=1S/C17H27N5O2/c1-22(2)15-13-5-3-4-6-14(13)20-16(21-15)18-11-7-9-12(10-8-11)19-17(23)24/h11-12,19H,3-10H2,1-2H3,(H,23,24)(H,18,20,21)/t11-,12+. The third-order valence-corrected chi connectivity index (χ3v) is 4.97. The maximum absolute atomic E-state index is 10.7. The molecule has 0 atom stereocenters. The van der Waals surface area contributed by atoms with Crippen LogP contribution < -0.4 is 15.5 Å². The maximum Gasteiger partial charge on any atom is 0.404 e. The van der Waals surface area contributed by atoms with Crippen molar-refractivity contribution in [3.8, 4) is 0 Å². The summed E-state index contributed by atoms with van der Waals surface area (Å²) >= 11 is 0. The summed E-state index contributed by atoms with van der Waals surface area (Å²) in [5.41, 5.74) is 2.48. The minimum Gasteiger partial charge on any atom is -0.465 e. The minimum absolute atomic E-state index is 0.0716. The van der Waals surface area contributed by atoms with Crippen molar-refractivity contribution in [2.75, 3.05) is 24.3 Å². The van der Waals surface area contributed by atoms with Crippen molar-refractivity contribution < 1.29 is 9.90 Å². The van der Waals surface area contributed by atoms with Crippen LogP contribution in [0.4, 0.5) is 16.6 Å². The van der Waals surface area contributed by atoms with Crippen LogP contribution in [0.1, 0.15) is 49.8 Å². The fourth-order valence-electron chi connectivity index (χ4n) is 3.75. The third kappa shape index (κ3) is 3.88. The Hall–Kier alpha value is -2.05. The number of rotatable bonds is 4. The Balaban J connectivity index is 1.67. The lowest BCUT2D eigenvalue weighted by atomic mass is 9.91. The van der Waals surface area contributed by atoms with Gasteiger partial charge in [0.05, 0.1) is 5.69 Å². The van der Waals surface area contributed by atoms with Gasteiger partial charge >= 0.3 is 6.09 Å². The normalized spacial score (nSPS) is 23.2. The van der Waals surface area contributed by atoms with Crippen LogP contribution in [0.3, 0.4) is 0 Å². The monoisotopic (exact) mass is 333 g/mol. The Morgan fingerprint density at radius 3 is 2.42 bits per heavy atom. The molecule has 7 nitrogen and oxygen atoms in total. The molecule has 0 radical (unpaired) electrons. The van der Waals surface area contributed by atoms with Crippen molar-refractivity contribution >= 4 is 17.9 Å². The van der Waals surface area contributed by atoms with Crippen molar-refractivity contribution in [3.63, 3.8) is 0 Å². The number of anilines is 2. The first kappa shape index (κ1) is 16.8. The number of nitrogens with one attached hydrogen (secondary N) is 2. The van der Waals surface area contributed by atoms with Crippen molar-refractivity contribution in [3.05, 3.63) is 11.3 Å². The largest absolute Gasteiger partial charge is 0.465 e. The second-order valence-electron chi connectivity index (χ2n) is 7.04. The number of amides is 1. The van der Waals surface area contributed by atoms with Gasteiger partial charge in [0, 0.05) is 31.7 Å². The molecule has 1 saturated carbocycles. The summed E-state index contributed by atoms with van der Waals surface area (Å²) < 4.78 is 0. The quantitative estimate of drug-likeness (QED) is 0.784. The van der Waals surface area contributed by atoms with Crippen LogP contribution in [0.2, 0.25) is 0 Å². The van der Waals surface area contributed by atoms with E-state index >= 15 is 0 Å². The molecule has 2 aliphatic carbocycles. The summed E-state index contributed by atoms with van der Waals surface area (Å²) in [6, 6.07) is 0.385. The molecule has 1 aromatic heterocycles. The van der Waals surface area contributed by atoms with E-state index in [4.69, 9.17) is 15.1 Å². The highest BCUT2D eigenvalue weighted by Crippen LogP contribution is 2.29. The van der Waals surface area contributed by atoms with Gasteiger partial charge in [-0.3, -0.25) is 0 Å². The lowest BCUT2D eigenvalue weighted by Gasteiger charge is -2.30. The number of carbonyl (C=O) groups is 1. The number of hydrogen-bond acceptors (Lipinski definition) is 5. The smallest absolute Gasteiger partial charge is 0.404 e. The van der Waals surface area contributed by atoms with Gasteiger partial charge in [-0.1, -0.05) is 0 Å². The molecule has 1 amide bonds. The zero-order valence-corrected chi connectivity index (χ0v) is 14.5. The predicted octanol–water partition coefficient (Wildman–Crippen LogP) is 2.41. The Labute approximate surface area is 142 Å². The average molecular weight is 333 g/mol. The molecule has 0 unspecified atom stereocenters. The van der Waals surface area contributed by atoms with Crippen LogP contribution >= 0.6 is 0 Å². The van der Waals surface area contributed by atoms with E-state index in [-0.39, 0.29) is 6.04 Å². The Bertz CT molecular complexity index is 597. The van der Waals surface area contributed by atoms with Crippen molar-refractivity contribution in [1.82, 2.24) is 15.3 Å². The van der Waals surface area contributed by atoms with E-state index in [2.05, 4.69) is 15.5 Å². The van der Waals surface area contributed by atoms with Gasteiger partial charge in [0.15, 0.2) is 0 Å². The lowest BCUT2D eigenvalue weighted by Crippen LogP contribution is -2.39. The highest BCUT2D eigenvalue weighted by atomic mass is 16.4. The SMILES string of the molecule is CN(C)c1nc(N[C@H]2CC[C@@H](NC(=O)O)CC2)nc2c1CCCC2. The second-order valence-corrected chi connectivity index (χ2v) is 7.04. The molecule has 0 spiro atoms. The third-order valence-electron chi connectivity index (χ3n) is 4.97. The molecule has 0 aromatic carbocycles. The van der Waals surface area contributed by atoms with Gasteiger partial charge in [-0.15, -0.1) is 0 Å². The number of aryl methyl sites for hydroxylation is 1. The molecule has 0 bridgehead atoms. The first-order valence-electron chi connectivity index (χ1n) is 8.86. The van der Waals surface area contributed by atoms with E-state index in [9.17, 15) is 4.79 Å². The molecular weight excluding hydrogens is 306 g/mol. The van der Waals surface area contributed by atoms with E-state index in [0.29, 0.717) is 12.0 Å². The number of fused-ring (bicyclic) bond motifs is 1. The summed E-state index contributed by atoms with van der Waals surface area (Å²) in [4.78, 5) is 22.3. The van der Waals surface area contributed by atoms with E-state index in [0.717, 1.165) is 44.3 Å². The van der Waals surface area contributed by atoms with Gasteiger partial charge in [-0.2, -0.15) is 4.98 Å². The maximum atomic E-state index is 10.7. The van der Waals surface area contributed by atoms with Gasteiger partial charge in [0.1, 0.15) is 5.82 Å². The van der Waals surface area contributed by atoms with Crippen LogP contribution in [0.25, 0.3) is 0 Å². The molecule has 0 saturated heterocycles. The van der Waals surface area contributed by atoms with Crippen LogP contribution in [0, 0.1) is 0 Å². The molecule has 7 heteroatoms. The van der Waals surface area contributed by atoms with Crippen LogP contribution in [-0.4, -0.2) is 47.3 Å². The molecule has 24 heavy (non-hydrogen) atoms. The summed E-state index contributed by atoms with van der Waals surface area (Å²) in [6.07, 6.45) is 7.15.